The van der Waals surface area contributed by atoms with E-state index in [1.807, 2.05) is 0 Å². The predicted octanol–water partition coefficient (Wildman–Crippen LogP) is 6.03. The highest BCUT2D eigenvalue weighted by Gasteiger charge is 1.95. The molecule has 21 heavy (non-hydrogen) atoms. The van der Waals surface area contributed by atoms with E-state index in [0.717, 1.165) is 18.7 Å². The number of carbonyl (C=O) groups excluding carboxylic acids is 1. The maximum Gasteiger partial charge on any atom is 0.302 e. The minimum Gasteiger partial charge on any atom is -0.466 e. The van der Waals surface area contributed by atoms with Crippen molar-refractivity contribution in [3.05, 3.63) is 12.2 Å². The Morgan fingerprint density at radius 1 is 0.810 bits per heavy atom. The summed E-state index contributed by atoms with van der Waals surface area (Å²) in [6.45, 7) is 2.06. The van der Waals surface area contributed by atoms with Crippen LogP contribution in [-0.4, -0.2) is 18.5 Å². The summed E-state index contributed by atoms with van der Waals surface area (Å²) in [6.07, 6.45) is 19.6. The molecule has 2 nitrogen and oxygen atoms in total. The van der Waals surface area contributed by atoms with E-state index in [1.165, 1.54) is 71.1 Å². The molecule has 0 radical (unpaired) electrons. The maximum absolute atomic E-state index is 10.6. The third kappa shape index (κ3) is 19.5. The van der Waals surface area contributed by atoms with Crippen LogP contribution >= 0.6 is 11.6 Å². The van der Waals surface area contributed by atoms with Gasteiger partial charge in [0.25, 0.3) is 0 Å². The maximum atomic E-state index is 10.6. The van der Waals surface area contributed by atoms with Crippen LogP contribution in [-0.2, 0) is 9.53 Å². The number of alkyl halides is 1. The van der Waals surface area contributed by atoms with Gasteiger partial charge in [-0.2, -0.15) is 0 Å². The molecule has 0 aliphatic rings. The molecular weight excluding hydrogens is 284 g/mol. The lowest BCUT2D eigenvalue weighted by molar-refractivity contribution is -0.141. The molecule has 0 bridgehead atoms. The van der Waals surface area contributed by atoms with Crippen molar-refractivity contribution in [2.45, 2.75) is 84.0 Å². The van der Waals surface area contributed by atoms with E-state index >= 15 is 0 Å². The van der Waals surface area contributed by atoms with E-state index in [0.29, 0.717) is 6.61 Å². The zero-order chi connectivity index (χ0) is 15.6. The largest absolute Gasteiger partial charge is 0.466 e. The number of allylic oxidation sites excluding steroid dienone is 2. The number of esters is 1. The Hall–Kier alpha value is -0.500. The summed E-state index contributed by atoms with van der Waals surface area (Å²) in [7, 11) is 0. The molecular formula is C18H33ClO2. The van der Waals surface area contributed by atoms with Crippen LogP contribution in [0.2, 0.25) is 0 Å². The molecule has 0 atom stereocenters. The van der Waals surface area contributed by atoms with Crippen LogP contribution in [0, 0.1) is 0 Å². The van der Waals surface area contributed by atoms with Gasteiger partial charge in [0.1, 0.15) is 0 Å². The number of hydrogen-bond acceptors (Lipinski definition) is 2. The second-order valence-electron chi connectivity index (χ2n) is 5.61. The van der Waals surface area contributed by atoms with Crippen LogP contribution < -0.4 is 0 Å². The molecule has 0 N–H and O–H groups in total. The molecule has 0 unspecified atom stereocenters. The molecule has 0 saturated carbocycles. The minimum atomic E-state index is -0.162. The molecule has 0 aliphatic heterocycles. The van der Waals surface area contributed by atoms with Gasteiger partial charge in [-0.25, -0.2) is 0 Å². The van der Waals surface area contributed by atoms with Gasteiger partial charge in [0.15, 0.2) is 0 Å². The first kappa shape index (κ1) is 20.5. The van der Waals surface area contributed by atoms with E-state index in [1.54, 1.807) is 0 Å². The van der Waals surface area contributed by atoms with Crippen LogP contribution in [0.5, 0.6) is 0 Å². The number of carbonyl (C=O) groups is 1. The molecule has 0 amide bonds. The van der Waals surface area contributed by atoms with Crippen molar-refractivity contribution in [2.24, 2.45) is 0 Å². The van der Waals surface area contributed by atoms with Crippen molar-refractivity contribution in [1.29, 1.82) is 0 Å². The molecule has 0 spiro atoms. The highest BCUT2D eigenvalue weighted by atomic mass is 35.5. The lowest BCUT2D eigenvalue weighted by Gasteiger charge is -2.03. The number of rotatable bonds is 15. The number of unbranched alkanes of at least 4 members (excludes halogenated alkanes) is 10. The van der Waals surface area contributed by atoms with Crippen LogP contribution in [0.15, 0.2) is 12.2 Å². The highest BCUT2D eigenvalue weighted by Crippen LogP contribution is 2.11. The zero-order valence-corrected chi connectivity index (χ0v) is 14.5. The Balaban J connectivity index is 3.01. The second kappa shape index (κ2) is 17.6. The van der Waals surface area contributed by atoms with Crippen LogP contribution in [0.4, 0.5) is 0 Å². The van der Waals surface area contributed by atoms with Gasteiger partial charge in [0, 0.05) is 12.8 Å². The van der Waals surface area contributed by atoms with Crippen molar-refractivity contribution in [3.63, 3.8) is 0 Å². The van der Waals surface area contributed by atoms with Gasteiger partial charge in [-0.3, -0.25) is 4.79 Å². The highest BCUT2D eigenvalue weighted by molar-refractivity contribution is 6.17. The Morgan fingerprint density at radius 3 is 1.81 bits per heavy atom. The topological polar surface area (TPSA) is 26.3 Å². The summed E-state index contributed by atoms with van der Waals surface area (Å²) in [5.41, 5.74) is 0. The smallest absolute Gasteiger partial charge is 0.302 e. The lowest BCUT2D eigenvalue weighted by Crippen LogP contribution is -2.00. The fourth-order valence-corrected chi connectivity index (χ4v) is 2.42. The van der Waals surface area contributed by atoms with Gasteiger partial charge >= 0.3 is 5.97 Å². The average Bonchev–Trinajstić information content (AvgIpc) is 2.46. The fourth-order valence-electron chi connectivity index (χ4n) is 2.29. The Bertz CT molecular complexity index is 252. The normalized spacial score (nSPS) is 11.1. The zero-order valence-electron chi connectivity index (χ0n) is 13.7. The Morgan fingerprint density at radius 2 is 1.29 bits per heavy atom. The molecule has 0 fully saturated rings. The third-order valence-electron chi connectivity index (χ3n) is 3.51. The molecule has 0 heterocycles. The molecule has 0 aromatic rings. The molecule has 0 aliphatic carbocycles. The van der Waals surface area contributed by atoms with E-state index in [-0.39, 0.29) is 5.97 Å². The second-order valence-corrected chi connectivity index (χ2v) is 5.99. The average molecular weight is 317 g/mol. The summed E-state index contributed by atoms with van der Waals surface area (Å²) in [6, 6.07) is 0. The van der Waals surface area contributed by atoms with E-state index < -0.39 is 0 Å². The molecule has 0 aromatic carbocycles. The van der Waals surface area contributed by atoms with Gasteiger partial charge in [0.2, 0.25) is 0 Å². The fraction of sp³-hybridized carbons (Fsp3) is 0.833. The Kier molecular flexibility index (Phi) is 17.1. The van der Waals surface area contributed by atoms with E-state index in [4.69, 9.17) is 16.3 Å². The first-order chi connectivity index (χ1) is 10.3. The standard InChI is InChI=1S/C18H33ClO2/c1-18(20)21-17-15-13-11-9-7-5-3-2-4-6-8-10-12-14-16-19/h10,12H,2-9,11,13-17H2,1H3/b12-10+. The number of ether oxygens (including phenoxy) is 1. The van der Waals surface area contributed by atoms with Crippen molar-refractivity contribution in [3.8, 4) is 0 Å². The first-order valence-electron chi connectivity index (χ1n) is 8.61. The molecule has 3 heteroatoms. The van der Waals surface area contributed by atoms with Crippen LogP contribution in [0.3, 0.4) is 0 Å². The van der Waals surface area contributed by atoms with E-state index in [2.05, 4.69) is 12.2 Å². The quantitative estimate of drug-likeness (QED) is 0.160. The van der Waals surface area contributed by atoms with Gasteiger partial charge in [-0.1, -0.05) is 63.5 Å². The summed E-state index contributed by atoms with van der Waals surface area (Å²) in [4.78, 5) is 10.6. The monoisotopic (exact) mass is 316 g/mol. The van der Waals surface area contributed by atoms with Crippen molar-refractivity contribution < 1.29 is 9.53 Å². The summed E-state index contributed by atoms with van der Waals surface area (Å²) in [5, 5.41) is 0. The summed E-state index contributed by atoms with van der Waals surface area (Å²) in [5.74, 6) is 0.574. The summed E-state index contributed by atoms with van der Waals surface area (Å²) >= 11 is 5.60. The van der Waals surface area contributed by atoms with Gasteiger partial charge in [-0.15, -0.1) is 11.6 Å². The number of halogens is 1. The SMILES string of the molecule is CC(=O)OCCCCCCCCCCCC/C=C/CCCl. The van der Waals surface area contributed by atoms with Gasteiger partial charge in [-0.05, 0) is 25.7 Å². The first-order valence-corrected chi connectivity index (χ1v) is 9.15. The van der Waals surface area contributed by atoms with Gasteiger partial charge < -0.3 is 4.74 Å². The molecule has 0 saturated heterocycles. The predicted molar refractivity (Wildman–Crippen MR) is 91.9 cm³/mol. The minimum absolute atomic E-state index is 0.162. The van der Waals surface area contributed by atoms with Crippen LogP contribution in [0.1, 0.15) is 84.0 Å². The summed E-state index contributed by atoms with van der Waals surface area (Å²) < 4.78 is 4.91. The van der Waals surface area contributed by atoms with Gasteiger partial charge in [0.05, 0.1) is 6.61 Å². The molecule has 0 rings (SSSR count). The van der Waals surface area contributed by atoms with Crippen molar-refractivity contribution >= 4 is 17.6 Å². The molecule has 0 aromatic heterocycles. The van der Waals surface area contributed by atoms with E-state index in [9.17, 15) is 4.79 Å². The van der Waals surface area contributed by atoms with Crippen molar-refractivity contribution in [2.75, 3.05) is 12.5 Å². The third-order valence-corrected chi connectivity index (χ3v) is 3.73. The van der Waals surface area contributed by atoms with Crippen LogP contribution in [0.25, 0.3) is 0 Å². The number of hydrogen-bond donors (Lipinski definition) is 0. The molecule has 124 valence electrons. The van der Waals surface area contributed by atoms with Crippen molar-refractivity contribution in [1.82, 2.24) is 0 Å². The Labute approximate surface area is 136 Å². The lowest BCUT2D eigenvalue weighted by atomic mass is 10.1.